The van der Waals surface area contributed by atoms with Crippen LogP contribution < -0.4 is 28.7 Å². The second-order valence-electron chi connectivity index (χ2n) is 13.6. The fourth-order valence-electron chi connectivity index (χ4n) is 7.57. The molecule has 3 heteroatoms. The van der Waals surface area contributed by atoms with Crippen LogP contribution in [0, 0.1) is 0 Å². The van der Waals surface area contributed by atoms with Gasteiger partial charge in [0.15, 0.2) is 0 Å². The van der Waals surface area contributed by atoms with E-state index in [0.717, 1.165) is 12.8 Å². The van der Waals surface area contributed by atoms with E-state index in [1.54, 1.807) is 13.3 Å². The third kappa shape index (κ3) is 5.80. The molecule has 0 N–H and O–H groups in total. The molecule has 1 saturated carbocycles. The van der Waals surface area contributed by atoms with E-state index >= 15 is 0 Å². The van der Waals surface area contributed by atoms with Crippen molar-refractivity contribution in [1.29, 1.82) is 0 Å². The number of allylic oxidation sites excluding steroid dienone is 4. The fraction of sp³-hybridized carbons (Fsp3) is 0.293. The normalized spacial score (nSPS) is 15.1. The van der Waals surface area contributed by atoms with Crippen LogP contribution in [0.4, 0.5) is 0 Å². The number of hydrogen-bond acceptors (Lipinski definition) is 0. The first-order valence-electron chi connectivity index (χ1n) is 15.8. The first-order valence-corrected chi connectivity index (χ1v) is 18.2. The van der Waals surface area contributed by atoms with E-state index in [4.69, 9.17) is 0 Å². The minimum atomic E-state index is -1.82. The Morgan fingerprint density at radius 1 is 0.614 bits per heavy atom. The van der Waals surface area contributed by atoms with Crippen molar-refractivity contribution >= 4 is 7.68 Å². The molecule has 3 aliphatic rings. The molecular formula is C41H42Cl2Ti. The second kappa shape index (κ2) is 13.1. The molecule has 44 heavy (non-hydrogen) atoms. The smallest absolute Gasteiger partial charge is 1.00 e. The summed E-state index contributed by atoms with van der Waals surface area (Å²) < 4.78 is 5.41. The van der Waals surface area contributed by atoms with E-state index in [0.29, 0.717) is 0 Å². The molecule has 0 amide bonds. The van der Waals surface area contributed by atoms with Crippen LogP contribution in [0.25, 0.3) is 11.1 Å². The van der Waals surface area contributed by atoms with E-state index in [9.17, 15) is 0 Å². The Labute approximate surface area is 282 Å². The van der Waals surface area contributed by atoms with Gasteiger partial charge in [0.05, 0.1) is 0 Å². The van der Waals surface area contributed by atoms with Crippen molar-refractivity contribution in [3.8, 4) is 11.1 Å². The van der Waals surface area contributed by atoms with Gasteiger partial charge in [-0.2, -0.15) is 0 Å². The average Bonchev–Trinajstić information content (AvgIpc) is 3.80. The molecule has 0 heterocycles. The van der Waals surface area contributed by atoms with Crippen LogP contribution in [-0.2, 0) is 34.7 Å². The Kier molecular flexibility index (Phi) is 9.79. The summed E-state index contributed by atoms with van der Waals surface area (Å²) in [5.41, 5.74) is 11.6. The Bertz CT molecular complexity index is 1750. The fourth-order valence-corrected chi connectivity index (χ4v) is 12.9. The summed E-state index contributed by atoms with van der Waals surface area (Å²) in [7, 11) is 0. The maximum absolute atomic E-state index is 2.69. The van der Waals surface area contributed by atoms with E-state index < -0.39 is 17.4 Å². The number of rotatable bonds is 6. The van der Waals surface area contributed by atoms with Gasteiger partial charge < -0.3 is 24.8 Å². The van der Waals surface area contributed by atoms with Gasteiger partial charge in [-0.3, -0.25) is 0 Å². The molecule has 4 aromatic rings. The van der Waals surface area contributed by atoms with Crippen molar-refractivity contribution in [2.45, 2.75) is 77.0 Å². The molecule has 1 fully saturated rings. The molecule has 0 saturated heterocycles. The quantitative estimate of drug-likeness (QED) is 0.245. The summed E-state index contributed by atoms with van der Waals surface area (Å²) in [5.74, 6) is 0. The Morgan fingerprint density at radius 2 is 1.20 bits per heavy atom. The third-order valence-corrected chi connectivity index (χ3v) is 15.4. The summed E-state index contributed by atoms with van der Waals surface area (Å²) in [6.07, 6.45) is 14.9. The van der Waals surface area contributed by atoms with Gasteiger partial charge >= 0.3 is 260 Å². The van der Waals surface area contributed by atoms with Crippen LogP contribution in [0.5, 0.6) is 0 Å². The third-order valence-electron chi connectivity index (χ3n) is 10.4. The van der Waals surface area contributed by atoms with Crippen molar-refractivity contribution in [2.75, 3.05) is 0 Å². The van der Waals surface area contributed by atoms with Crippen LogP contribution in [0.15, 0.2) is 113 Å². The van der Waals surface area contributed by atoms with Crippen LogP contribution in [-0.4, -0.2) is 3.81 Å². The largest absolute Gasteiger partial charge is 1.00 e. The zero-order chi connectivity index (χ0) is 28.9. The molecule has 0 unspecified atom stereocenters. The summed E-state index contributed by atoms with van der Waals surface area (Å²) in [4.78, 5) is 0. The molecule has 0 radical (unpaired) electrons. The summed E-state index contributed by atoms with van der Waals surface area (Å²) >= 11 is -1.82. The maximum Gasteiger partial charge on any atom is -1.00 e. The first-order chi connectivity index (χ1) is 20.3. The number of hydrogen-bond donors (Lipinski definition) is 0. The predicted molar refractivity (Wildman–Crippen MR) is 177 cm³/mol. The van der Waals surface area contributed by atoms with Gasteiger partial charge in [-0.05, 0) is 0 Å². The van der Waals surface area contributed by atoms with Crippen LogP contribution in [0.1, 0.15) is 93.2 Å². The molecule has 0 nitrogen and oxygen atoms in total. The molecule has 3 aliphatic carbocycles. The van der Waals surface area contributed by atoms with Gasteiger partial charge in [0.1, 0.15) is 0 Å². The molecule has 7 rings (SSSR count). The average molecular weight is 654 g/mol. The molecule has 4 aromatic carbocycles. The van der Waals surface area contributed by atoms with Crippen molar-refractivity contribution in [3.05, 3.63) is 146 Å². The van der Waals surface area contributed by atoms with Gasteiger partial charge in [0, 0.05) is 0 Å². The molecular weight excluding hydrogens is 611 g/mol. The number of halogens is 2. The van der Waals surface area contributed by atoms with Crippen LogP contribution in [0.2, 0.25) is 0 Å². The van der Waals surface area contributed by atoms with Gasteiger partial charge in [-0.1, -0.05) is 0 Å². The minimum absolute atomic E-state index is 0. The Hall–Kier alpha value is -2.48. The van der Waals surface area contributed by atoms with E-state index in [-0.39, 0.29) is 35.6 Å². The van der Waals surface area contributed by atoms with Crippen molar-refractivity contribution in [2.24, 2.45) is 0 Å². The topological polar surface area (TPSA) is 0 Å². The van der Waals surface area contributed by atoms with Crippen LogP contribution in [0.3, 0.4) is 0 Å². The van der Waals surface area contributed by atoms with Gasteiger partial charge in [0.2, 0.25) is 0 Å². The minimum Gasteiger partial charge on any atom is -1.00 e. The molecule has 224 valence electrons. The zero-order valence-corrected chi connectivity index (χ0v) is 29.5. The second-order valence-corrected chi connectivity index (χ2v) is 17.7. The summed E-state index contributed by atoms with van der Waals surface area (Å²) in [5, 5.41) is 0. The standard InChI is InChI=1S/C31H29.C5H8.C5H5.2ClH.Ti/c1-30(2,24-11-7-5-8-12-24)26-17-15-22-19-23-16-18-27(21-29(23)28(22)20-26)31(3,4)25-13-9-6-10-14-25;2*1-2-4-5-3-1;;;/h5-15,17-18,20-21H,19H2,1-4H3;1-4H2;1-3H,4H2;2*1H;/q;;;;;+2/p-2. The van der Waals surface area contributed by atoms with E-state index in [2.05, 4.69) is 137 Å². The molecule has 0 aromatic heterocycles. The molecule has 0 aliphatic heterocycles. The number of benzene rings is 4. The Balaban J connectivity index is 0.00000192. The van der Waals surface area contributed by atoms with Crippen molar-refractivity contribution < 1.29 is 42.2 Å². The predicted octanol–water partition coefficient (Wildman–Crippen LogP) is 3.75. The van der Waals surface area contributed by atoms with Gasteiger partial charge in [-0.15, -0.1) is 0 Å². The zero-order valence-electron chi connectivity index (χ0n) is 26.4. The number of fused-ring (bicyclic) bond motifs is 3. The van der Waals surface area contributed by atoms with E-state index in [1.807, 2.05) is 3.81 Å². The Morgan fingerprint density at radius 3 is 1.80 bits per heavy atom. The van der Waals surface area contributed by atoms with Gasteiger partial charge in [0.25, 0.3) is 0 Å². The van der Waals surface area contributed by atoms with Crippen molar-refractivity contribution in [1.82, 2.24) is 0 Å². The van der Waals surface area contributed by atoms with Crippen LogP contribution >= 0.6 is 0 Å². The maximum atomic E-state index is 2.69. The molecule has 0 atom stereocenters. The van der Waals surface area contributed by atoms with Crippen molar-refractivity contribution in [3.63, 3.8) is 0 Å². The molecule has 0 spiro atoms. The SMILES string of the molecule is CC(C)(c1ccccc1)c1ccc2c(c1)-c1cc(C(C)(C)c3ccccc3)c[c]([Ti+2]([C]3=CC=CC3)=[C]3CCCC3)c1C2.[Cl-].[Cl-]. The summed E-state index contributed by atoms with van der Waals surface area (Å²) in [6, 6.07) is 34.8. The van der Waals surface area contributed by atoms with E-state index in [1.165, 1.54) is 64.6 Å². The first kappa shape index (κ1) is 32.9. The molecule has 0 bridgehead atoms. The van der Waals surface area contributed by atoms with Gasteiger partial charge in [-0.25, -0.2) is 0 Å². The summed E-state index contributed by atoms with van der Waals surface area (Å²) in [6.45, 7) is 9.61. The monoisotopic (exact) mass is 652 g/mol.